The first kappa shape index (κ1) is 32.7. The maximum atomic E-state index is 11.1. The molecule has 1 atom stereocenters. The molecule has 0 amide bonds. The Hall–Kier alpha value is 1.73. The molecule has 0 aliphatic rings. The summed E-state index contributed by atoms with van der Waals surface area (Å²) in [6.45, 7) is 2.12. The molecule has 0 aliphatic heterocycles. The van der Waals surface area contributed by atoms with Crippen molar-refractivity contribution in [3.8, 4) is 11.5 Å². The van der Waals surface area contributed by atoms with Crippen molar-refractivity contribution in [2.45, 2.75) is 50.4 Å². The van der Waals surface area contributed by atoms with Crippen LogP contribution in [0.25, 0.3) is 0 Å². The third-order valence-corrected chi connectivity index (χ3v) is 7.97. The van der Waals surface area contributed by atoms with Crippen LogP contribution in [-0.2, 0) is 23.0 Å². The SMILES string of the molecule is CCCCc1ccccc1Oc1cccc(CCCC([P+]([O-])([O-])[O-])S(=O)(=O)O)c1.[K+].[K+]. The first-order valence-corrected chi connectivity index (χ1v) is 12.6. The normalized spacial score (nSPS) is 12.4. The zero-order valence-corrected chi connectivity index (χ0v) is 26.1. The summed E-state index contributed by atoms with van der Waals surface area (Å²) in [5.41, 5.74) is 1.91. The average Bonchev–Trinajstić information content (AvgIpc) is 2.63. The predicted octanol–water partition coefficient (Wildman–Crippen LogP) is -3.79. The molecule has 1 N–H and O–H groups in total. The minimum Gasteiger partial charge on any atom is -0.687 e. The van der Waals surface area contributed by atoms with E-state index < -0.39 is 29.5 Å². The summed E-state index contributed by atoms with van der Waals surface area (Å²) < 4.78 is 37.3. The van der Waals surface area contributed by atoms with E-state index in [0.717, 1.165) is 36.1 Å². The zero-order valence-electron chi connectivity index (χ0n) is 18.2. The van der Waals surface area contributed by atoms with E-state index in [4.69, 9.17) is 9.29 Å². The summed E-state index contributed by atoms with van der Waals surface area (Å²) in [4.78, 5) is 31.0. The Balaban J connectivity index is 0.00000450. The molecule has 31 heavy (non-hydrogen) atoms. The Kier molecular flexibility index (Phi) is 16.5. The van der Waals surface area contributed by atoms with Crippen LogP contribution in [-0.4, -0.2) is 18.0 Å². The molecule has 160 valence electrons. The van der Waals surface area contributed by atoms with Gasteiger partial charge in [-0.3, -0.25) is 4.55 Å². The zero-order chi connectivity index (χ0) is 21.5. The maximum Gasteiger partial charge on any atom is 1.00 e. The third kappa shape index (κ3) is 11.8. The number of aryl methyl sites for hydroxylation is 2. The van der Waals surface area contributed by atoms with Crippen molar-refractivity contribution in [2.75, 3.05) is 0 Å². The second-order valence-corrected chi connectivity index (χ2v) is 10.5. The monoisotopic (exact) mass is 518 g/mol. The van der Waals surface area contributed by atoms with Gasteiger partial charge in [-0.2, -0.15) is 8.42 Å². The molecule has 0 aromatic heterocycles. The summed E-state index contributed by atoms with van der Waals surface area (Å²) in [7, 11) is -10.4. The number of hydrogen-bond acceptors (Lipinski definition) is 6. The molecule has 2 aromatic carbocycles. The van der Waals surface area contributed by atoms with Gasteiger partial charge in [0.1, 0.15) is 11.5 Å². The van der Waals surface area contributed by atoms with E-state index >= 15 is 0 Å². The molecule has 2 rings (SSSR count). The number of rotatable bonds is 11. The van der Waals surface area contributed by atoms with Crippen LogP contribution in [0.5, 0.6) is 11.5 Å². The topological polar surface area (TPSA) is 133 Å². The van der Waals surface area contributed by atoms with Gasteiger partial charge >= 0.3 is 113 Å². The number of hydrogen-bond donors (Lipinski definition) is 1. The molecule has 11 heteroatoms. The van der Waals surface area contributed by atoms with E-state index in [0.29, 0.717) is 12.2 Å². The van der Waals surface area contributed by atoms with Crippen molar-refractivity contribution >= 4 is 18.1 Å². The summed E-state index contributed by atoms with van der Waals surface area (Å²) >= 11 is 0. The van der Waals surface area contributed by atoms with Crippen LogP contribution in [0.15, 0.2) is 48.5 Å². The van der Waals surface area contributed by atoms with Crippen molar-refractivity contribution < 1.29 is 135 Å². The number of benzene rings is 2. The fourth-order valence-electron chi connectivity index (χ4n) is 3.02. The average molecular weight is 519 g/mol. The Bertz CT molecular complexity index is 904. The van der Waals surface area contributed by atoms with E-state index in [1.165, 1.54) is 0 Å². The first-order chi connectivity index (χ1) is 13.6. The number of ether oxygens (including phenoxy) is 1. The minimum absolute atomic E-state index is 0. The molecular formula is C20H25K2O7PS. The number of para-hydroxylation sites is 1. The Morgan fingerprint density at radius 2 is 1.68 bits per heavy atom. The second kappa shape index (κ2) is 15.7. The van der Waals surface area contributed by atoms with Crippen molar-refractivity contribution in [3.63, 3.8) is 0 Å². The van der Waals surface area contributed by atoms with Gasteiger partial charge in [0.2, 0.25) is 0 Å². The summed E-state index contributed by atoms with van der Waals surface area (Å²) in [5.74, 6) is 1.37. The molecule has 7 nitrogen and oxygen atoms in total. The molecule has 0 fully saturated rings. The van der Waals surface area contributed by atoms with E-state index in [1.54, 1.807) is 24.3 Å². The van der Waals surface area contributed by atoms with Gasteiger partial charge < -0.3 is 19.4 Å². The van der Waals surface area contributed by atoms with Gasteiger partial charge in [-0.15, -0.1) is 7.94 Å². The van der Waals surface area contributed by atoms with Crippen LogP contribution in [0.2, 0.25) is 0 Å². The molecule has 1 unspecified atom stereocenters. The Morgan fingerprint density at radius 3 is 2.29 bits per heavy atom. The Morgan fingerprint density at radius 1 is 1.00 bits per heavy atom. The number of unbranched alkanes of at least 4 members (excludes halogenated alkanes) is 1. The second-order valence-electron chi connectivity index (χ2n) is 6.86. The smallest absolute Gasteiger partial charge is 0.687 e. The summed E-state index contributed by atoms with van der Waals surface area (Å²) in [6.07, 6.45) is 3.02. The molecule has 0 bridgehead atoms. The maximum absolute atomic E-state index is 11.1. The largest absolute Gasteiger partial charge is 1.00 e. The van der Waals surface area contributed by atoms with Crippen molar-refractivity contribution in [2.24, 2.45) is 0 Å². The molecule has 0 saturated heterocycles. The molecule has 0 spiro atoms. The summed E-state index contributed by atoms with van der Waals surface area (Å²) in [6, 6.07) is 14.9. The molecule has 0 saturated carbocycles. The molecule has 0 heterocycles. The van der Waals surface area contributed by atoms with Crippen LogP contribution >= 0.6 is 7.94 Å². The van der Waals surface area contributed by atoms with Gasteiger partial charge in [0, 0.05) is 6.42 Å². The van der Waals surface area contributed by atoms with E-state index in [1.807, 2.05) is 24.3 Å². The van der Waals surface area contributed by atoms with Crippen molar-refractivity contribution in [1.82, 2.24) is 0 Å². The van der Waals surface area contributed by atoms with Gasteiger partial charge in [-0.25, -0.2) is 0 Å². The predicted molar refractivity (Wildman–Crippen MR) is 107 cm³/mol. The van der Waals surface area contributed by atoms with Gasteiger partial charge in [-0.1, -0.05) is 43.7 Å². The van der Waals surface area contributed by atoms with Gasteiger partial charge in [-0.05, 0) is 55.0 Å². The minimum atomic E-state index is -5.45. The quantitative estimate of drug-likeness (QED) is 0.183. The molecule has 0 aliphatic carbocycles. The van der Waals surface area contributed by atoms with Crippen LogP contribution < -0.4 is 122 Å². The van der Waals surface area contributed by atoms with Crippen LogP contribution in [0, 0.1) is 0 Å². The van der Waals surface area contributed by atoms with Gasteiger partial charge in [0.05, 0.1) is 0 Å². The van der Waals surface area contributed by atoms with E-state index in [2.05, 4.69) is 6.92 Å². The third-order valence-electron chi connectivity index (χ3n) is 4.51. The molecule has 0 radical (unpaired) electrons. The fraction of sp³-hybridized carbons (Fsp3) is 0.400. The van der Waals surface area contributed by atoms with Crippen LogP contribution in [0.3, 0.4) is 0 Å². The molecular weight excluding hydrogens is 493 g/mol. The van der Waals surface area contributed by atoms with Crippen molar-refractivity contribution in [3.05, 3.63) is 59.7 Å². The fourth-order valence-corrected chi connectivity index (χ4v) is 5.29. The van der Waals surface area contributed by atoms with Gasteiger partial charge in [0.15, 0.2) is 4.99 Å². The Labute approximate surface area is 270 Å². The van der Waals surface area contributed by atoms with Crippen molar-refractivity contribution in [1.29, 1.82) is 0 Å². The van der Waals surface area contributed by atoms with Crippen LogP contribution in [0.1, 0.15) is 43.7 Å². The summed E-state index contributed by atoms with van der Waals surface area (Å²) in [5, 5.41) is 0. The van der Waals surface area contributed by atoms with Gasteiger partial charge in [0.25, 0.3) is 0 Å². The van der Waals surface area contributed by atoms with Crippen LogP contribution in [0.4, 0.5) is 0 Å². The standard InChI is InChI=1S/C20H27O7PS.2K/c1-2-3-10-17-11-4-5-13-19(17)27-18-12-6-8-16(15-18)9-7-14-20(28(21,22)23)29(24,25)26;;/h4-6,8,11-13,15,20H,2-3,7,9-10,14H2,1H3,(H2,21,22,23)(H,24,25,26);;/q;2*+1/p-2. The first-order valence-electron chi connectivity index (χ1n) is 9.44. The van der Waals surface area contributed by atoms with E-state index in [-0.39, 0.29) is 109 Å². The van der Waals surface area contributed by atoms with E-state index in [9.17, 15) is 23.1 Å². The molecule has 2 aromatic rings.